The van der Waals surface area contributed by atoms with Gasteiger partial charge in [0, 0.05) is 9.85 Å². The summed E-state index contributed by atoms with van der Waals surface area (Å²) in [7, 11) is 1.91. The van der Waals surface area contributed by atoms with E-state index in [4.69, 9.17) is 0 Å². The number of rotatable bonds is 3. The fraction of sp³-hybridized carbons (Fsp3) is 0.231. The van der Waals surface area contributed by atoms with Gasteiger partial charge in [0.25, 0.3) is 0 Å². The van der Waals surface area contributed by atoms with Gasteiger partial charge in [0.2, 0.25) is 0 Å². The van der Waals surface area contributed by atoms with E-state index in [2.05, 4.69) is 32.0 Å². The standard InChI is InChI=1S/C13H13BrFNS/c1-8-5-9(3-4-12(8)15)13(16-2)10-6-17-7-11(10)14/h3-7,13,16H,1-2H3. The van der Waals surface area contributed by atoms with Crippen LogP contribution in [0.3, 0.4) is 0 Å². The molecule has 17 heavy (non-hydrogen) atoms. The Hall–Kier alpha value is -0.710. The van der Waals surface area contributed by atoms with Crippen molar-refractivity contribution in [1.29, 1.82) is 0 Å². The Morgan fingerprint density at radius 3 is 2.65 bits per heavy atom. The highest BCUT2D eigenvalue weighted by atomic mass is 79.9. The molecule has 0 radical (unpaired) electrons. The summed E-state index contributed by atoms with van der Waals surface area (Å²) in [4.78, 5) is 0. The Labute approximate surface area is 113 Å². The minimum absolute atomic E-state index is 0.0925. The predicted octanol–water partition coefficient (Wildman–Crippen LogP) is 4.27. The molecule has 1 aromatic heterocycles. The van der Waals surface area contributed by atoms with Gasteiger partial charge in [0.05, 0.1) is 6.04 Å². The number of halogens is 2. The molecular weight excluding hydrogens is 301 g/mol. The summed E-state index contributed by atoms with van der Waals surface area (Å²) in [5.74, 6) is -0.159. The van der Waals surface area contributed by atoms with Crippen LogP contribution in [0.4, 0.5) is 4.39 Å². The topological polar surface area (TPSA) is 12.0 Å². The highest BCUT2D eigenvalue weighted by Gasteiger charge is 2.16. The quantitative estimate of drug-likeness (QED) is 0.892. The van der Waals surface area contributed by atoms with Crippen LogP contribution in [0, 0.1) is 12.7 Å². The Morgan fingerprint density at radius 1 is 1.35 bits per heavy atom. The third-order valence-corrected chi connectivity index (χ3v) is 4.51. The van der Waals surface area contributed by atoms with Gasteiger partial charge in [-0.05, 0) is 58.0 Å². The van der Waals surface area contributed by atoms with Crippen molar-refractivity contribution in [2.24, 2.45) is 0 Å². The van der Waals surface area contributed by atoms with Gasteiger partial charge >= 0.3 is 0 Å². The third-order valence-electron chi connectivity index (χ3n) is 2.76. The van der Waals surface area contributed by atoms with Crippen molar-refractivity contribution in [2.75, 3.05) is 7.05 Å². The largest absolute Gasteiger partial charge is 0.309 e. The molecule has 0 aliphatic carbocycles. The fourth-order valence-electron chi connectivity index (χ4n) is 1.85. The average molecular weight is 314 g/mol. The van der Waals surface area contributed by atoms with Crippen molar-refractivity contribution in [1.82, 2.24) is 5.32 Å². The normalized spacial score (nSPS) is 12.7. The molecule has 0 saturated heterocycles. The smallest absolute Gasteiger partial charge is 0.126 e. The van der Waals surface area contributed by atoms with E-state index in [1.165, 1.54) is 11.6 Å². The lowest BCUT2D eigenvalue weighted by molar-refractivity contribution is 0.614. The Morgan fingerprint density at radius 2 is 2.12 bits per heavy atom. The zero-order valence-electron chi connectivity index (χ0n) is 9.63. The molecule has 0 aliphatic rings. The van der Waals surface area contributed by atoms with Gasteiger partial charge in [-0.15, -0.1) is 0 Å². The average Bonchev–Trinajstić information content (AvgIpc) is 2.71. The third kappa shape index (κ3) is 2.59. The van der Waals surface area contributed by atoms with E-state index < -0.39 is 0 Å². The van der Waals surface area contributed by atoms with E-state index in [-0.39, 0.29) is 11.9 Å². The summed E-state index contributed by atoms with van der Waals surface area (Å²) in [5.41, 5.74) is 2.93. The minimum Gasteiger partial charge on any atom is -0.309 e. The molecule has 0 fully saturated rings. The fourth-order valence-corrected chi connectivity index (χ4v) is 3.40. The van der Waals surface area contributed by atoms with Crippen LogP contribution in [0.15, 0.2) is 33.4 Å². The lowest BCUT2D eigenvalue weighted by atomic mass is 9.99. The van der Waals surface area contributed by atoms with Crippen LogP contribution >= 0.6 is 27.3 Å². The Balaban J connectivity index is 2.42. The molecule has 1 unspecified atom stereocenters. The second kappa shape index (κ2) is 5.29. The van der Waals surface area contributed by atoms with Gasteiger partial charge < -0.3 is 5.32 Å². The van der Waals surface area contributed by atoms with E-state index in [0.717, 1.165) is 10.0 Å². The van der Waals surface area contributed by atoms with Crippen LogP contribution in [0.2, 0.25) is 0 Å². The second-order valence-electron chi connectivity index (χ2n) is 3.91. The number of thiophene rings is 1. The van der Waals surface area contributed by atoms with E-state index in [1.807, 2.05) is 19.2 Å². The number of hydrogen-bond donors (Lipinski definition) is 1. The van der Waals surface area contributed by atoms with Crippen LogP contribution < -0.4 is 5.32 Å². The molecule has 0 spiro atoms. The monoisotopic (exact) mass is 313 g/mol. The van der Waals surface area contributed by atoms with E-state index in [1.54, 1.807) is 18.3 Å². The number of aryl methyl sites for hydroxylation is 1. The molecule has 0 amide bonds. The molecule has 2 aromatic rings. The summed E-state index contributed by atoms with van der Waals surface area (Å²) in [6.45, 7) is 1.79. The summed E-state index contributed by atoms with van der Waals surface area (Å²) in [5, 5.41) is 7.42. The van der Waals surface area contributed by atoms with Crippen LogP contribution in [-0.2, 0) is 0 Å². The zero-order valence-corrected chi connectivity index (χ0v) is 12.0. The van der Waals surface area contributed by atoms with Crippen molar-refractivity contribution in [3.8, 4) is 0 Å². The maximum absolute atomic E-state index is 13.3. The molecular formula is C13H13BrFNS. The molecule has 1 heterocycles. The van der Waals surface area contributed by atoms with Gasteiger partial charge in [0.15, 0.2) is 0 Å². The minimum atomic E-state index is -0.159. The number of benzene rings is 1. The van der Waals surface area contributed by atoms with Crippen LogP contribution in [-0.4, -0.2) is 7.05 Å². The molecule has 0 saturated carbocycles. The summed E-state index contributed by atoms with van der Waals surface area (Å²) in [6, 6.07) is 5.33. The van der Waals surface area contributed by atoms with Crippen molar-refractivity contribution < 1.29 is 4.39 Å². The Bertz CT molecular complexity index is 524. The molecule has 1 aromatic carbocycles. The molecule has 1 nitrogen and oxygen atoms in total. The first-order valence-corrected chi connectivity index (χ1v) is 7.02. The highest BCUT2D eigenvalue weighted by Crippen LogP contribution is 2.31. The maximum atomic E-state index is 13.3. The SMILES string of the molecule is CNC(c1ccc(F)c(C)c1)c1cscc1Br. The summed E-state index contributed by atoms with van der Waals surface area (Å²) < 4.78 is 14.3. The molecule has 0 aliphatic heterocycles. The van der Waals surface area contributed by atoms with E-state index >= 15 is 0 Å². The first-order chi connectivity index (χ1) is 8.13. The molecule has 2 rings (SSSR count). The van der Waals surface area contributed by atoms with Gasteiger partial charge in [-0.25, -0.2) is 4.39 Å². The first kappa shape index (κ1) is 12.7. The summed E-state index contributed by atoms with van der Waals surface area (Å²) >= 11 is 5.19. The van der Waals surface area contributed by atoms with Crippen LogP contribution in [0.25, 0.3) is 0 Å². The zero-order chi connectivity index (χ0) is 12.4. The molecule has 1 atom stereocenters. The maximum Gasteiger partial charge on any atom is 0.126 e. The number of nitrogens with one attached hydrogen (secondary N) is 1. The van der Waals surface area contributed by atoms with E-state index in [9.17, 15) is 4.39 Å². The van der Waals surface area contributed by atoms with Crippen molar-refractivity contribution in [2.45, 2.75) is 13.0 Å². The van der Waals surface area contributed by atoms with Gasteiger partial charge in [-0.1, -0.05) is 12.1 Å². The highest BCUT2D eigenvalue weighted by molar-refractivity contribution is 9.10. The lowest BCUT2D eigenvalue weighted by Gasteiger charge is -2.17. The summed E-state index contributed by atoms with van der Waals surface area (Å²) in [6.07, 6.45) is 0. The first-order valence-electron chi connectivity index (χ1n) is 5.28. The Kier molecular flexibility index (Phi) is 3.97. The van der Waals surface area contributed by atoms with Gasteiger partial charge in [-0.3, -0.25) is 0 Å². The van der Waals surface area contributed by atoms with E-state index in [0.29, 0.717) is 5.56 Å². The number of hydrogen-bond acceptors (Lipinski definition) is 2. The lowest BCUT2D eigenvalue weighted by Crippen LogP contribution is -2.17. The molecule has 0 bridgehead atoms. The van der Waals surface area contributed by atoms with Crippen LogP contribution in [0.1, 0.15) is 22.7 Å². The molecule has 1 N–H and O–H groups in total. The van der Waals surface area contributed by atoms with Crippen molar-refractivity contribution in [3.63, 3.8) is 0 Å². The molecule has 4 heteroatoms. The van der Waals surface area contributed by atoms with Crippen molar-refractivity contribution >= 4 is 27.3 Å². The van der Waals surface area contributed by atoms with Gasteiger partial charge in [0.1, 0.15) is 5.82 Å². The predicted molar refractivity (Wildman–Crippen MR) is 74.1 cm³/mol. The van der Waals surface area contributed by atoms with Crippen molar-refractivity contribution in [3.05, 3.63) is 55.9 Å². The second-order valence-corrected chi connectivity index (χ2v) is 5.50. The molecule has 90 valence electrons. The van der Waals surface area contributed by atoms with Crippen LogP contribution in [0.5, 0.6) is 0 Å². The van der Waals surface area contributed by atoms with Gasteiger partial charge in [-0.2, -0.15) is 11.3 Å².